The van der Waals surface area contributed by atoms with Crippen molar-refractivity contribution in [2.24, 2.45) is 5.92 Å². The number of rotatable bonds is 8. The number of nitrogens with zero attached hydrogens (tertiary/aromatic N) is 1. The summed E-state index contributed by atoms with van der Waals surface area (Å²) in [5.41, 5.74) is 2.70. The lowest BCUT2D eigenvalue weighted by Gasteiger charge is -2.31. The van der Waals surface area contributed by atoms with E-state index in [4.69, 9.17) is 9.47 Å². The van der Waals surface area contributed by atoms with Crippen LogP contribution in [0.15, 0.2) is 42.5 Å². The van der Waals surface area contributed by atoms with Crippen molar-refractivity contribution in [1.29, 1.82) is 0 Å². The highest BCUT2D eigenvalue weighted by atomic mass is 32.2. The van der Waals surface area contributed by atoms with Crippen molar-refractivity contribution in [2.75, 3.05) is 27.3 Å². The average Bonchev–Trinajstić information content (AvgIpc) is 2.80. The standard InChI is InChI=1S/C24H32N2O5S/c1-17-5-7-19(8-6-17)16-32(28,29)26-13-11-20(12-14-26)24(27)25-18(2)22-15-21(30-3)9-10-23(22)31-4/h5-10,15,18,20H,11-14,16H2,1-4H3,(H,25,27)/t18-/m1/s1. The molecule has 1 heterocycles. The molecular weight excluding hydrogens is 428 g/mol. The molecule has 1 amide bonds. The molecule has 1 aliphatic rings. The number of nitrogens with one attached hydrogen (secondary N) is 1. The van der Waals surface area contributed by atoms with Gasteiger partial charge >= 0.3 is 0 Å². The van der Waals surface area contributed by atoms with Crippen LogP contribution in [0.1, 0.15) is 42.5 Å². The van der Waals surface area contributed by atoms with Gasteiger partial charge in [0.05, 0.1) is 26.0 Å². The molecule has 1 aliphatic heterocycles. The molecule has 174 valence electrons. The van der Waals surface area contributed by atoms with Crippen molar-refractivity contribution in [3.05, 3.63) is 59.2 Å². The van der Waals surface area contributed by atoms with E-state index >= 15 is 0 Å². The Morgan fingerprint density at radius 3 is 2.34 bits per heavy atom. The van der Waals surface area contributed by atoms with Gasteiger partial charge in [-0.3, -0.25) is 4.79 Å². The molecule has 8 heteroatoms. The Morgan fingerprint density at radius 2 is 1.75 bits per heavy atom. The van der Waals surface area contributed by atoms with Crippen LogP contribution in [0.4, 0.5) is 0 Å². The molecule has 0 radical (unpaired) electrons. The minimum Gasteiger partial charge on any atom is -0.497 e. The summed E-state index contributed by atoms with van der Waals surface area (Å²) in [6.45, 7) is 4.57. The summed E-state index contributed by atoms with van der Waals surface area (Å²) in [6, 6.07) is 12.7. The van der Waals surface area contributed by atoms with E-state index in [-0.39, 0.29) is 23.6 Å². The molecule has 0 spiro atoms. The second-order valence-corrected chi connectivity index (χ2v) is 10.2. The van der Waals surface area contributed by atoms with E-state index in [0.717, 1.165) is 16.7 Å². The summed E-state index contributed by atoms with van der Waals surface area (Å²) in [5, 5.41) is 3.05. The van der Waals surface area contributed by atoms with E-state index in [2.05, 4.69) is 5.32 Å². The summed E-state index contributed by atoms with van der Waals surface area (Å²) >= 11 is 0. The van der Waals surface area contributed by atoms with Gasteiger partial charge in [-0.1, -0.05) is 29.8 Å². The van der Waals surface area contributed by atoms with Crippen LogP contribution in [0, 0.1) is 12.8 Å². The van der Waals surface area contributed by atoms with E-state index in [0.29, 0.717) is 37.4 Å². The first kappa shape index (κ1) is 24.1. The molecule has 0 saturated carbocycles. The predicted molar refractivity (Wildman–Crippen MR) is 124 cm³/mol. The number of carbonyl (C=O) groups excluding carboxylic acids is 1. The number of hydrogen-bond acceptors (Lipinski definition) is 5. The number of carbonyl (C=O) groups is 1. The number of aryl methyl sites for hydroxylation is 1. The van der Waals surface area contributed by atoms with E-state index in [1.165, 1.54) is 4.31 Å². The maximum Gasteiger partial charge on any atom is 0.223 e. The minimum atomic E-state index is -3.41. The number of methoxy groups -OCH3 is 2. The van der Waals surface area contributed by atoms with Crippen LogP contribution in [0.2, 0.25) is 0 Å². The molecule has 7 nitrogen and oxygen atoms in total. The van der Waals surface area contributed by atoms with E-state index < -0.39 is 10.0 Å². The van der Waals surface area contributed by atoms with Crippen molar-refractivity contribution >= 4 is 15.9 Å². The van der Waals surface area contributed by atoms with Crippen LogP contribution in [0.3, 0.4) is 0 Å². The first-order valence-corrected chi connectivity index (χ1v) is 12.4. The van der Waals surface area contributed by atoms with E-state index in [1.54, 1.807) is 14.2 Å². The van der Waals surface area contributed by atoms with Crippen molar-refractivity contribution < 1.29 is 22.7 Å². The molecule has 0 unspecified atom stereocenters. The summed E-state index contributed by atoms with van der Waals surface area (Å²) < 4.78 is 37.8. The normalized spacial score (nSPS) is 16.4. The zero-order valence-electron chi connectivity index (χ0n) is 19.1. The molecule has 1 fully saturated rings. The molecule has 32 heavy (non-hydrogen) atoms. The quantitative estimate of drug-likeness (QED) is 0.652. The number of benzene rings is 2. The fraction of sp³-hybridized carbons (Fsp3) is 0.458. The summed E-state index contributed by atoms with van der Waals surface area (Å²) in [6.07, 6.45) is 1.00. The van der Waals surface area contributed by atoms with Crippen LogP contribution >= 0.6 is 0 Å². The third-order valence-electron chi connectivity index (χ3n) is 5.95. The van der Waals surface area contributed by atoms with Gasteiger partial charge in [0.25, 0.3) is 0 Å². The summed E-state index contributed by atoms with van der Waals surface area (Å²) in [7, 11) is -0.227. The Bertz CT molecular complexity index is 1030. The first-order valence-electron chi connectivity index (χ1n) is 10.8. The molecular formula is C24H32N2O5S. The number of piperidine rings is 1. The zero-order valence-corrected chi connectivity index (χ0v) is 19.9. The summed E-state index contributed by atoms with van der Waals surface area (Å²) in [4.78, 5) is 12.9. The van der Waals surface area contributed by atoms with Crippen LogP contribution < -0.4 is 14.8 Å². The molecule has 2 aromatic rings. The minimum absolute atomic E-state index is 0.0171. The largest absolute Gasteiger partial charge is 0.497 e. The molecule has 3 rings (SSSR count). The average molecular weight is 461 g/mol. The lowest BCUT2D eigenvalue weighted by molar-refractivity contribution is -0.126. The Kier molecular flexibility index (Phi) is 7.79. The Balaban J connectivity index is 1.58. The van der Waals surface area contributed by atoms with Gasteiger partial charge < -0.3 is 14.8 Å². The van der Waals surface area contributed by atoms with Gasteiger partial charge in [-0.05, 0) is 50.5 Å². The van der Waals surface area contributed by atoms with Gasteiger partial charge in [-0.2, -0.15) is 0 Å². The maximum absolute atomic E-state index is 12.9. The second-order valence-electron chi connectivity index (χ2n) is 8.25. The molecule has 0 bridgehead atoms. The highest BCUT2D eigenvalue weighted by Gasteiger charge is 2.32. The molecule has 1 saturated heterocycles. The maximum atomic E-state index is 12.9. The highest BCUT2D eigenvalue weighted by molar-refractivity contribution is 7.88. The van der Waals surface area contributed by atoms with Gasteiger partial charge in [0.15, 0.2) is 0 Å². The summed E-state index contributed by atoms with van der Waals surface area (Å²) in [5.74, 6) is 1.05. The van der Waals surface area contributed by atoms with Gasteiger partial charge in [0, 0.05) is 24.6 Å². The molecule has 2 aromatic carbocycles. The van der Waals surface area contributed by atoms with Crippen molar-refractivity contribution in [2.45, 2.75) is 38.5 Å². The fourth-order valence-electron chi connectivity index (χ4n) is 3.97. The number of sulfonamides is 1. The lowest BCUT2D eigenvalue weighted by Crippen LogP contribution is -2.43. The zero-order chi connectivity index (χ0) is 23.3. The monoisotopic (exact) mass is 460 g/mol. The molecule has 1 atom stereocenters. The first-order chi connectivity index (χ1) is 15.2. The van der Waals surface area contributed by atoms with Gasteiger partial charge in [0.1, 0.15) is 11.5 Å². The predicted octanol–water partition coefficient (Wildman–Crippen LogP) is 3.43. The Hall–Kier alpha value is -2.58. The van der Waals surface area contributed by atoms with Gasteiger partial charge in [-0.15, -0.1) is 0 Å². The smallest absolute Gasteiger partial charge is 0.223 e. The van der Waals surface area contributed by atoms with Crippen LogP contribution in [0.5, 0.6) is 11.5 Å². The van der Waals surface area contributed by atoms with E-state index in [9.17, 15) is 13.2 Å². The van der Waals surface area contributed by atoms with Crippen LogP contribution in [-0.2, 0) is 20.6 Å². The Labute approximate surface area is 190 Å². The molecule has 0 aliphatic carbocycles. The van der Waals surface area contributed by atoms with Crippen LogP contribution in [-0.4, -0.2) is 45.9 Å². The third-order valence-corrected chi connectivity index (χ3v) is 7.80. The van der Waals surface area contributed by atoms with Crippen LogP contribution in [0.25, 0.3) is 0 Å². The van der Waals surface area contributed by atoms with E-state index in [1.807, 2.05) is 56.3 Å². The third kappa shape index (κ3) is 5.81. The van der Waals surface area contributed by atoms with Crippen molar-refractivity contribution in [1.82, 2.24) is 9.62 Å². The number of hydrogen-bond donors (Lipinski definition) is 1. The fourth-order valence-corrected chi connectivity index (χ4v) is 5.53. The van der Waals surface area contributed by atoms with Crippen molar-refractivity contribution in [3.8, 4) is 11.5 Å². The lowest BCUT2D eigenvalue weighted by atomic mass is 9.96. The molecule has 1 N–H and O–H groups in total. The highest BCUT2D eigenvalue weighted by Crippen LogP contribution is 2.30. The molecule has 0 aromatic heterocycles. The number of ether oxygens (including phenoxy) is 2. The van der Waals surface area contributed by atoms with Crippen molar-refractivity contribution in [3.63, 3.8) is 0 Å². The Morgan fingerprint density at radius 1 is 1.09 bits per heavy atom. The topological polar surface area (TPSA) is 84.9 Å². The number of amides is 1. The SMILES string of the molecule is COc1ccc(OC)c([C@@H](C)NC(=O)C2CCN(S(=O)(=O)Cc3ccc(C)cc3)CC2)c1. The second kappa shape index (κ2) is 10.4. The van der Waals surface area contributed by atoms with Gasteiger partial charge in [-0.25, -0.2) is 12.7 Å². The van der Waals surface area contributed by atoms with Gasteiger partial charge in [0.2, 0.25) is 15.9 Å².